The third kappa shape index (κ3) is 1.91. The lowest BCUT2D eigenvalue weighted by Crippen LogP contribution is -2.01. The number of nitrogens with two attached hydrogens (primary N) is 1. The highest BCUT2D eigenvalue weighted by molar-refractivity contribution is 5.90. The Labute approximate surface area is 111 Å². The number of methoxy groups -OCH3 is 1. The summed E-state index contributed by atoms with van der Waals surface area (Å²) in [7, 11) is 1.65. The lowest BCUT2D eigenvalue weighted by Gasteiger charge is -2.05. The van der Waals surface area contributed by atoms with Gasteiger partial charge in [-0.2, -0.15) is 5.10 Å². The number of benzene rings is 2. The van der Waals surface area contributed by atoms with Crippen LogP contribution in [0.5, 0.6) is 5.75 Å². The normalized spacial score (nSPS) is 10.8. The van der Waals surface area contributed by atoms with Crippen molar-refractivity contribution >= 4 is 16.7 Å². The number of aromatic nitrogens is 2. The van der Waals surface area contributed by atoms with Crippen molar-refractivity contribution in [2.45, 2.75) is 6.92 Å². The van der Waals surface area contributed by atoms with E-state index in [0.717, 1.165) is 22.3 Å². The number of hydrogen-bond donors (Lipinski definition) is 1. The van der Waals surface area contributed by atoms with Crippen molar-refractivity contribution in [3.05, 3.63) is 48.0 Å². The number of fused-ring (bicyclic) bond motifs is 1. The molecule has 0 saturated heterocycles. The van der Waals surface area contributed by atoms with E-state index in [1.807, 2.05) is 49.4 Å². The van der Waals surface area contributed by atoms with E-state index in [9.17, 15) is 0 Å². The molecule has 0 amide bonds. The van der Waals surface area contributed by atoms with E-state index >= 15 is 0 Å². The minimum absolute atomic E-state index is 0.653. The first kappa shape index (κ1) is 11.6. The van der Waals surface area contributed by atoms with Gasteiger partial charge in [0, 0.05) is 5.39 Å². The Kier molecular flexibility index (Phi) is 2.63. The van der Waals surface area contributed by atoms with Gasteiger partial charge in [0.25, 0.3) is 0 Å². The first-order valence-corrected chi connectivity index (χ1v) is 6.08. The topological polar surface area (TPSA) is 53.1 Å². The van der Waals surface area contributed by atoms with E-state index in [2.05, 4.69) is 5.10 Å². The van der Waals surface area contributed by atoms with Crippen LogP contribution in [0, 0.1) is 6.92 Å². The van der Waals surface area contributed by atoms with E-state index in [1.54, 1.807) is 11.8 Å². The number of rotatable bonds is 2. The minimum Gasteiger partial charge on any atom is -0.497 e. The van der Waals surface area contributed by atoms with Crippen molar-refractivity contribution in [1.29, 1.82) is 0 Å². The standard InChI is InChI=1S/C15H15N3O/c1-10-3-8-13-14(9-10)17-18(15(13)16)11-4-6-12(19-2)7-5-11/h3-9H,16H2,1-2H3. The lowest BCUT2D eigenvalue weighted by atomic mass is 10.2. The minimum atomic E-state index is 0.653. The average Bonchev–Trinajstić information content (AvgIpc) is 2.75. The summed E-state index contributed by atoms with van der Waals surface area (Å²) >= 11 is 0. The molecule has 19 heavy (non-hydrogen) atoms. The second-order valence-corrected chi connectivity index (χ2v) is 4.52. The predicted molar refractivity (Wildman–Crippen MR) is 76.8 cm³/mol. The summed E-state index contributed by atoms with van der Waals surface area (Å²) in [5, 5.41) is 5.52. The number of hydrogen-bond acceptors (Lipinski definition) is 3. The van der Waals surface area contributed by atoms with Crippen molar-refractivity contribution in [2.24, 2.45) is 0 Å². The smallest absolute Gasteiger partial charge is 0.135 e. The zero-order valence-electron chi connectivity index (χ0n) is 10.9. The molecule has 0 aliphatic carbocycles. The molecule has 2 N–H and O–H groups in total. The largest absolute Gasteiger partial charge is 0.497 e. The molecule has 3 aromatic rings. The van der Waals surface area contributed by atoms with Gasteiger partial charge < -0.3 is 10.5 Å². The molecule has 96 valence electrons. The fraction of sp³-hybridized carbons (Fsp3) is 0.133. The number of anilines is 1. The maximum absolute atomic E-state index is 6.16. The Hall–Kier alpha value is -2.49. The Morgan fingerprint density at radius 2 is 1.84 bits per heavy atom. The fourth-order valence-electron chi connectivity index (χ4n) is 2.14. The van der Waals surface area contributed by atoms with Gasteiger partial charge in [0.1, 0.15) is 11.6 Å². The zero-order valence-corrected chi connectivity index (χ0v) is 10.9. The van der Waals surface area contributed by atoms with Crippen molar-refractivity contribution < 1.29 is 4.74 Å². The van der Waals surface area contributed by atoms with Crippen molar-refractivity contribution in [3.63, 3.8) is 0 Å². The van der Waals surface area contributed by atoms with E-state index in [1.165, 1.54) is 5.56 Å². The molecule has 0 aliphatic rings. The molecule has 0 bridgehead atoms. The van der Waals surface area contributed by atoms with Crippen LogP contribution in [0.25, 0.3) is 16.6 Å². The van der Waals surface area contributed by atoms with Crippen LogP contribution in [0.15, 0.2) is 42.5 Å². The van der Waals surface area contributed by atoms with E-state index in [-0.39, 0.29) is 0 Å². The third-order valence-electron chi connectivity index (χ3n) is 3.18. The van der Waals surface area contributed by atoms with Gasteiger partial charge in [-0.05, 0) is 48.9 Å². The number of nitrogen functional groups attached to an aromatic ring is 1. The van der Waals surface area contributed by atoms with Crippen molar-refractivity contribution in [2.75, 3.05) is 12.8 Å². The molecule has 1 heterocycles. The van der Waals surface area contributed by atoms with Crippen LogP contribution in [0.1, 0.15) is 5.56 Å². The van der Waals surface area contributed by atoms with Crippen LogP contribution >= 0.6 is 0 Å². The molecule has 0 radical (unpaired) electrons. The second kappa shape index (κ2) is 4.31. The maximum Gasteiger partial charge on any atom is 0.135 e. The molecule has 0 spiro atoms. The molecule has 0 unspecified atom stereocenters. The van der Waals surface area contributed by atoms with Gasteiger partial charge in [-0.25, -0.2) is 4.68 Å². The Balaban J connectivity index is 2.15. The molecule has 2 aromatic carbocycles. The third-order valence-corrected chi connectivity index (χ3v) is 3.18. The van der Waals surface area contributed by atoms with E-state index < -0.39 is 0 Å². The van der Waals surface area contributed by atoms with Gasteiger partial charge in [-0.1, -0.05) is 6.07 Å². The SMILES string of the molecule is COc1ccc(-n2nc3cc(C)ccc3c2N)cc1. The van der Waals surface area contributed by atoms with Crippen molar-refractivity contribution in [1.82, 2.24) is 9.78 Å². The predicted octanol–water partition coefficient (Wildman–Crippen LogP) is 2.92. The molecule has 0 fully saturated rings. The van der Waals surface area contributed by atoms with E-state index in [4.69, 9.17) is 10.5 Å². The summed E-state index contributed by atoms with van der Waals surface area (Å²) in [6.07, 6.45) is 0. The fourth-order valence-corrected chi connectivity index (χ4v) is 2.14. The molecule has 4 nitrogen and oxygen atoms in total. The summed E-state index contributed by atoms with van der Waals surface area (Å²) in [6, 6.07) is 13.7. The molecule has 3 rings (SSSR count). The van der Waals surface area contributed by atoms with Crippen LogP contribution in [-0.4, -0.2) is 16.9 Å². The molecule has 0 atom stereocenters. The summed E-state index contributed by atoms with van der Waals surface area (Å²) in [5.41, 5.74) is 9.17. The molecule has 0 aliphatic heterocycles. The van der Waals surface area contributed by atoms with Crippen LogP contribution in [0.2, 0.25) is 0 Å². The van der Waals surface area contributed by atoms with E-state index in [0.29, 0.717) is 5.82 Å². The summed E-state index contributed by atoms with van der Waals surface area (Å²) in [5.74, 6) is 1.47. The maximum atomic E-state index is 6.16. The van der Waals surface area contributed by atoms with Crippen LogP contribution < -0.4 is 10.5 Å². The quantitative estimate of drug-likeness (QED) is 0.764. The molecular weight excluding hydrogens is 238 g/mol. The van der Waals surface area contributed by atoms with Gasteiger partial charge in [0.15, 0.2) is 0 Å². The number of aryl methyl sites for hydroxylation is 1. The molecule has 1 aromatic heterocycles. The highest BCUT2D eigenvalue weighted by atomic mass is 16.5. The van der Waals surface area contributed by atoms with Crippen LogP contribution in [0.3, 0.4) is 0 Å². The number of ether oxygens (including phenoxy) is 1. The highest BCUT2D eigenvalue weighted by Crippen LogP contribution is 2.25. The second-order valence-electron chi connectivity index (χ2n) is 4.52. The summed E-state index contributed by atoms with van der Waals surface area (Å²) in [6.45, 7) is 2.04. The van der Waals surface area contributed by atoms with Gasteiger partial charge in [0.05, 0.1) is 18.3 Å². The Morgan fingerprint density at radius 1 is 1.11 bits per heavy atom. The van der Waals surface area contributed by atoms with Gasteiger partial charge in [-0.3, -0.25) is 0 Å². The average molecular weight is 253 g/mol. The first-order valence-electron chi connectivity index (χ1n) is 6.08. The first-order chi connectivity index (χ1) is 9.19. The zero-order chi connectivity index (χ0) is 13.4. The molecular formula is C15H15N3O. The van der Waals surface area contributed by atoms with Gasteiger partial charge >= 0.3 is 0 Å². The van der Waals surface area contributed by atoms with Crippen molar-refractivity contribution in [3.8, 4) is 11.4 Å². The van der Waals surface area contributed by atoms with Crippen LogP contribution in [0.4, 0.5) is 5.82 Å². The molecule has 4 heteroatoms. The summed E-state index contributed by atoms with van der Waals surface area (Å²) < 4.78 is 6.90. The summed E-state index contributed by atoms with van der Waals surface area (Å²) in [4.78, 5) is 0. The van der Waals surface area contributed by atoms with Gasteiger partial charge in [0.2, 0.25) is 0 Å². The highest BCUT2D eigenvalue weighted by Gasteiger charge is 2.09. The lowest BCUT2D eigenvalue weighted by molar-refractivity contribution is 0.414. The Bertz CT molecular complexity index is 729. The van der Waals surface area contributed by atoms with Gasteiger partial charge in [-0.15, -0.1) is 0 Å². The number of nitrogens with zero attached hydrogens (tertiary/aromatic N) is 2. The monoisotopic (exact) mass is 253 g/mol. The molecule has 0 saturated carbocycles. The van der Waals surface area contributed by atoms with Crippen LogP contribution in [-0.2, 0) is 0 Å². The Morgan fingerprint density at radius 3 is 2.53 bits per heavy atom.